The van der Waals surface area contributed by atoms with Crippen molar-refractivity contribution in [3.05, 3.63) is 75.5 Å². The number of hydrogen-bond acceptors (Lipinski definition) is 17. The maximum absolute atomic E-state index is 15.0. The summed E-state index contributed by atoms with van der Waals surface area (Å²) in [6.07, 6.45) is 0.901. The van der Waals surface area contributed by atoms with Gasteiger partial charge >= 0.3 is 18.1 Å². The van der Waals surface area contributed by atoms with Crippen LogP contribution in [-0.2, 0) is 37.4 Å². The van der Waals surface area contributed by atoms with Crippen LogP contribution in [0.15, 0.2) is 31.0 Å². The number of methoxy groups -OCH3 is 2. The van der Waals surface area contributed by atoms with Gasteiger partial charge in [0.2, 0.25) is 6.79 Å². The molecular formula is C43H44N4O12S. The summed E-state index contributed by atoms with van der Waals surface area (Å²) >= 11 is 1.44. The Labute approximate surface area is 350 Å². The van der Waals surface area contributed by atoms with E-state index in [0.29, 0.717) is 70.2 Å². The number of carbonyl (C=O) groups is 3. The van der Waals surface area contributed by atoms with E-state index in [4.69, 9.17) is 37.9 Å². The van der Waals surface area contributed by atoms with Crippen LogP contribution in [0.4, 0.5) is 4.79 Å². The molecule has 0 radical (unpaired) electrons. The van der Waals surface area contributed by atoms with E-state index in [1.165, 1.54) is 32.9 Å². The van der Waals surface area contributed by atoms with Crippen LogP contribution in [-0.4, -0.2) is 98.1 Å². The molecule has 1 spiro atoms. The Kier molecular flexibility index (Phi) is 9.81. The highest BCUT2D eigenvalue weighted by Crippen LogP contribution is 2.64. The van der Waals surface area contributed by atoms with Gasteiger partial charge in [0.05, 0.1) is 43.9 Å². The van der Waals surface area contributed by atoms with Crippen molar-refractivity contribution in [2.24, 2.45) is 0 Å². The molecule has 60 heavy (non-hydrogen) atoms. The molecule has 17 heteroatoms. The number of rotatable bonds is 5. The van der Waals surface area contributed by atoms with Crippen LogP contribution in [0.25, 0.3) is 0 Å². The van der Waals surface area contributed by atoms with Crippen LogP contribution in [0.1, 0.15) is 68.8 Å². The third-order valence-corrected chi connectivity index (χ3v) is 14.3. The third-order valence-electron chi connectivity index (χ3n) is 12.8. The first-order chi connectivity index (χ1) is 28.9. The van der Waals surface area contributed by atoms with Crippen LogP contribution in [0.2, 0.25) is 0 Å². The Morgan fingerprint density at radius 3 is 2.55 bits per heavy atom. The number of nitriles is 1. The molecule has 4 bridgehead atoms. The Balaban J connectivity index is 1.29. The van der Waals surface area contributed by atoms with Gasteiger partial charge in [0.15, 0.2) is 40.0 Å². The second kappa shape index (κ2) is 14.8. The second-order valence-electron chi connectivity index (χ2n) is 15.7. The zero-order valence-electron chi connectivity index (χ0n) is 33.9. The van der Waals surface area contributed by atoms with E-state index in [2.05, 4.69) is 27.8 Å². The number of nitrogens with one attached hydrogen (secondary N) is 1. The van der Waals surface area contributed by atoms with Gasteiger partial charge in [-0.1, -0.05) is 12.6 Å². The predicted octanol–water partition coefficient (Wildman–Crippen LogP) is 4.94. The molecule has 2 N–H and O–H groups in total. The molecule has 7 aliphatic heterocycles. The number of benzene rings is 3. The fourth-order valence-corrected chi connectivity index (χ4v) is 12.1. The van der Waals surface area contributed by atoms with Crippen molar-refractivity contribution in [1.29, 1.82) is 5.26 Å². The van der Waals surface area contributed by atoms with E-state index in [0.717, 1.165) is 23.0 Å². The van der Waals surface area contributed by atoms with Crippen molar-refractivity contribution in [1.82, 2.24) is 15.1 Å². The molecule has 0 aliphatic carbocycles. The SMILES string of the molecule is C=COC(=O)Oc1cc2c(cc1OC)[C@@]1(CS[C@@H]3c4c(OC(C)=O)c(C)c5c(c4[C@H](COC1=O)N1C3[C@H]3c4c(cc(C)c(OC)c4O)C[C@@H]([C@@H]1C#N)N3C)OCO5)NCC2. The number of fused-ring (bicyclic) bond motifs is 9. The summed E-state index contributed by atoms with van der Waals surface area (Å²) in [5.74, 6) is 0.796. The van der Waals surface area contributed by atoms with Gasteiger partial charge in [-0.05, 0) is 68.1 Å². The molecule has 0 amide bonds. The highest BCUT2D eigenvalue weighted by molar-refractivity contribution is 7.99. The Hall–Kier alpha value is -5.67. The van der Waals surface area contributed by atoms with Crippen molar-refractivity contribution in [3.63, 3.8) is 0 Å². The first-order valence-corrected chi connectivity index (χ1v) is 20.6. The van der Waals surface area contributed by atoms with Gasteiger partial charge in [-0.15, -0.1) is 11.8 Å². The van der Waals surface area contributed by atoms with E-state index < -0.39 is 53.1 Å². The number of likely N-dealkylation sites (N-methyl/N-ethyl adjacent to an activating group) is 1. The molecule has 2 saturated heterocycles. The smallest absolute Gasteiger partial charge is 0.504 e. The highest BCUT2D eigenvalue weighted by atomic mass is 32.2. The molecule has 1 unspecified atom stereocenters. The molecule has 0 saturated carbocycles. The van der Waals surface area contributed by atoms with Crippen molar-refractivity contribution < 1.29 is 57.4 Å². The summed E-state index contributed by atoms with van der Waals surface area (Å²) in [6.45, 7) is 8.51. The molecule has 2 fully saturated rings. The molecule has 7 atom stereocenters. The number of nitrogens with zero attached hydrogens (tertiary/aromatic N) is 3. The van der Waals surface area contributed by atoms with E-state index >= 15 is 0 Å². The van der Waals surface area contributed by atoms with Crippen molar-refractivity contribution >= 4 is 29.9 Å². The lowest BCUT2D eigenvalue weighted by Gasteiger charge is -2.62. The van der Waals surface area contributed by atoms with Gasteiger partial charge in [0.1, 0.15) is 18.4 Å². The lowest BCUT2D eigenvalue weighted by molar-refractivity contribution is -0.157. The minimum Gasteiger partial charge on any atom is -0.504 e. The lowest BCUT2D eigenvalue weighted by Crippen LogP contribution is -2.69. The maximum atomic E-state index is 15.0. The molecule has 314 valence electrons. The minimum atomic E-state index is -1.45. The van der Waals surface area contributed by atoms with Crippen LogP contribution < -0.4 is 33.7 Å². The fraction of sp³-hybridized carbons (Fsp3) is 0.442. The summed E-state index contributed by atoms with van der Waals surface area (Å²) < 4.78 is 46.6. The maximum Gasteiger partial charge on any atom is 0.518 e. The van der Waals surface area contributed by atoms with Gasteiger partial charge in [-0.3, -0.25) is 19.9 Å². The van der Waals surface area contributed by atoms with Crippen molar-refractivity contribution in [3.8, 4) is 46.3 Å². The molecule has 7 heterocycles. The van der Waals surface area contributed by atoms with E-state index in [9.17, 15) is 24.8 Å². The standard InChI is InChI=1S/C43H44N4O12S/c1-8-54-42(51)59-29-13-22-9-10-45-43(24(22)14-28(29)52-6)17-60-40-32-31(39-38(56-18-57-39)20(3)37(32)58-21(4)48)27(16-55-41(43)50)47-26(15-44)25-12-23-11-19(2)36(53-7)35(49)30(23)33(34(40)47)46(25)5/h8,11,13-14,25-27,33-34,40,45,49H,1,9-10,12,16-18H2,2-7H3/t25-,26-,27-,33+,34?,40+,43+/m0/s1. The quantitative estimate of drug-likeness (QED) is 0.152. The Bertz CT molecular complexity index is 2420. The van der Waals surface area contributed by atoms with Crippen LogP contribution in [0.3, 0.4) is 0 Å². The minimum absolute atomic E-state index is 0.0197. The van der Waals surface area contributed by atoms with Gasteiger partial charge in [-0.2, -0.15) is 5.26 Å². The Morgan fingerprint density at radius 1 is 1.05 bits per heavy atom. The third kappa shape index (κ3) is 5.71. The van der Waals surface area contributed by atoms with Crippen LogP contribution in [0.5, 0.6) is 40.2 Å². The summed E-state index contributed by atoms with van der Waals surface area (Å²) in [6, 6.07) is 5.06. The molecule has 10 rings (SSSR count). The zero-order valence-corrected chi connectivity index (χ0v) is 34.7. The fourth-order valence-electron chi connectivity index (χ4n) is 10.4. The number of piperazine rings is 1. The number of phenols is 1. The van der Waals surface area contributed by atoms with Gasteiger partial charge < -0.3 is 43.0 Å². The number of ether oxygens (including phenoxy) is 8. The number of aryl methyl sites for hydroxylation is 1. The number of hydrogen-bond donors (Lipinski definition) is 2. The van der Waals surface area contributed by atoms with Crippen molar-refractivity contribution in [2.75, 3.05) is 47.0 Å². The number of thioether (sulfide) groups is 1. The topological polar surface area (TPSA) is 188 Å². The number of carbonyl (C=O) groups excluding carboxylic acids is 3. The summed E-state index contributed by atoms with van der Waals surface area (Å²) in [5.41, 5.74) is 4.03. The van der Waals surface area contributed by atoms with Crippen molar-refractivity contribution in [2.45, 2.75) is 74.6 Å². The van der Waals surface area contributed by atoms with Gasteiger partial charge in [-0.25, -0.2) is 9.59 Å². The van der Waals surface area contributed by atoms with E-state index in [1.54, 1.807) is 12.1 Å². The predicted molar refractivity (Wildman–Crippen MR) is 214 cm³/mol. The molecule has 3 aromatic carbocycles. The lowest BCUT2D eigenvalue weighted by atomic mass is 9.71. The first kappa shape index (κ1) is 39.8. The average molecular weight is 841 g/mol. The molecule has 16 nitrogen and oxygen atoms in total. The van der Waals surface area contributed by atoms with Crippen LogP contribution in [0, 0.1) is 25.2 Å². The number of esters is 2. The molecule has 3 aromatic rings. The molecule has 0 aromatic heterocycles. The summed E-state index contributed by atoms with van der Waals surface area (Å²) in [7, 11) is 4.92. The highest BCUT2D eigenvalue weighted by Gasteiger charge is 2.62. The largest absolute Gasteiger partial charge is 0.518 e. The van der Waals surface area contributed by atoms with Crippen LogP contribution >= 0.6 is 11.8 Å². The summed E-state index contributed by atoms with van der Waals surface area (Å²) in [4.78, 5) is 44.6. The molecule has 7 aliphatic rings. The number of aromatic hydroxyl groups is 1. The van der Waals surface area contributed by atoms with Gasteiger partial charge in [0, 0.05) is 53.6 Å². The molecular weight excluding hydrogens is 797 g/mol. The van der Waals surface area contributed by atoms with E-state index in [1.807, 2.05) is 27.0 Å². The normalized spacial score (nSPS) is 27.2. The first-order valence-electron chi connectivity index (χ1n) is 19.6. The average Bonchev–Trinajstić information content (AvgIpc) is 3.71. The zero-order chi connectivity index (χ0) is 42.4. The van der Waals surface area contributed by atoms with Gasteiger partial charge in [0.25, 0.3) is 0 Å². The number of phenolic OH excluding ortho intramolecular Hbond substituents is 1. The monoisotopic (exact) mass is 840 g/mol. The van der Waals surface area contributed by atoms with E-state index in [-0.39, 0.29) is 42.4 Å². The summed E-state index contributed by atoms with van der Waals surface area (Å²) in [5, 5.41) is 26.2. The Morgan fingerprint density at radius 2 is 1.83 bits per heavy atom. The second-order valence-corrected chi connectivity index (χ2v) is 16.8.